The van der Waals surface area contributed by atoms with Crippen LogP contribution < -0.4 is 9.47 Å². The maximum atomic E-state index is 13.4. The summed E-state index contributed by atoms with van der Waals surface area (Å²) in [4.78, 5) is 44.0. The van der Waals surface area contributed by atoms with Gasteiger partial charge in [-0.25, -0.2) is 0 Å². The number of aliphatic hydroxyl groups excluding tert-OH is 2. The Hall–Kier alpha value is -2.89. The van der Waals surface area contributed by atoms with Crippen molar-refractivity contribution < 1.29 is 39.2 Å². The van der Waals surface area contributed by atoms with Gasteiger partial charge < -0.3 is 34.6 Å². The zero-order valence-corrected chi connectivity index (χ0v) is 22.0. The summed E-state index contributed by atoms with van der Waals surface area (Å²) in [7, 11) is 0. The van der Waals surface area contributed by atoms with Crippen molar-refractivity contribution in [2.45, 2.75) is 57.6 Å². The average Bonchev–Trinajstić information content (AvgIpc) is 3.63. The number of carbonyl (C=O) groups is 3. The maximum absolute atomic E-state index is 13.4. The van der Waals surface area contributed by atoms with Gasteiger partial charge in [-0.05, 0) is 37.0 Å². The van der Waals surface area contributed by atoms with E-state index < -0.39 is 23.8 Å². The molecule has 3 N–H and O–H groups in total. The Bertz CT molecular complexity index is 1010. The number of rotatable bonds is 13. The van der Waals surface area contributed by atoms with Crippen molar-refractivity contribution in [1.29, 1.82) is 0 Å². The molecular formula is C27H39N3O8. The normalized spacial score (nSPS) is 22.9. The number of aliphatic carboxylic acids is 1. The molecule has 0 spiro atoms. The van der Waals surface area contributed by atoms with Crippen LogP contribution in [0.5, 0.6) is 11.5 Å². The molecule has 4 rings (SSSR count). The van der Waals surface area contributed by atoms with E-state index in [0.717, 1.165) is 19.3 Å². The molecule has 2 saturated heterocycles. The zero-order valence-electron chi connectivity index (χ0n) is 22.0. The predicted molar refractivity (Wildman–Crippen MR) is 137 cm³/mol. The Kier molecular flexibility index (Phi) is 9.45. The minimum Gasteiger partial charge on any atom is -0.481 e. The van der Waals surface area contributed by atoms with Crippen LogP contribution in [0, 0.1) is 5.92 Å². The number of hydrogen-bond donors (Lipinski definition) is 3. The van der Waals surface area contributed by atoms with Crippen LogP contribution in [0.4, 0.5) is 0 Å². The highest BCUT2D eigenvalue weighted by Crippen LogP contribution is 2.44. The van der Waals surface area contributed by atoms with Crippen LogP contribution in [0.3, 0.4) is 0 Å². The summed E-state index contributed by atoms with van der Waals surface area (Å²) in [6.07, 6.45) is 3.42. The summed E-state index contributed by atoms with van der Waals surface area (Å²) >= 11 is 0. The van der Waals surface area contributed by atoms with E-state index in [9.17, 15) is 29.7 Å². The lowest BCUT2D eigenvalue weighted by Gasteiger charge is -2.32. The molecule has 0 aliphatic carbocycles. The summed E-state index contributed by atoms with van der Waals surface area (Å²) in [6.45, 7) is 3.94. The van der Waals surface area contributed by atoms with Crippen molar-refractivity contribution in [2.24, 2.45) is 5.92 Å². The predicted octanol–water partition coefficient (Wildman–Crippen LogP) is 1.01. The largest absolute Gasteiger partial charge is 0.481 e. The third kappa shape index (κ3) is 6.05. The molecule has 11 heteroatoms. The lowest BCUT2D eigenvalue weighted by atomic mass is 9.84. The number of benzene rings is 1. The summed E-state index contributed by atoms with van der Waals surface area (Å²) in [6, 6.07) is 2.96. The molecule has 2 fully saturated rings. The lowest BCUT2D eigenvalue weighted by molar-refractivity contribution is -0.144. The van der Waals surface area contributed by atoms with Gasteiger partial charge in [0, 0.05) is 63.3 Å². The van der Waals surface area contributed by atoms with Gasteiger partial charge in [0.1, 0.15) is 0 Å². The van der Waals surface area contributed by atoms with Crippen LogP contribution in [0.2, 0.25) is 0 Å². The molecule has 2 amide bonds. The van der Waals surface area contributed by atoms with Crippen LogP contribution >= 0.6 is 0 Å². The number of ether oxygens (including phenoxy) is 2. The third-order valence-electron chi connectivity index (χ3n) is 7.84. The summed E-state index contributed by atoms with van der Waals surface area (Å²) in [5.74, 6) is -1.53. The molecule has 0 unspecified atom stereocenters. The van der Waals surface area contributed by atoms with E-state index in [0.29, 0.717) is 61.6 Å². The van der Waals surface area contributed by atoms with E-state index in [2.05, 4.69) is 0 Å². The standard InChI is InChI=1S/C27H39N3O8/c1-2-3-7-28(9-5-10-31)24(34)15-30-13-20(18-11-19(16-32)26-22(12-18)37-17-38-26)25(27(35)36)21(30)14-29-8-4-6-23(29)33/h11-12,20-21,25,31-32H,2-10,13-17H2,1H3,(H,35,36)/t20-,21+,25-/m1/s1. The maximum Gasteiger partial charge on any atom is 0.308 e. The first-order valence-corrected chi connectivity index (χ1v) is 13.5. The first kappa shape index (κ1) is 28.1. The van der Waals surface area contributed by atoms with Crippen molar-refractivity contribution in [3.8, 4) is 11.5 Å². The molecule has 3 aliphatic heterocycles. The smallest absolute Gasteiger partial charge is 0.308 e. The minimum absolute atomic E-state index is 0.00188. The number of amides is 2. The number of aliphatic hydroxyl groups is 2. The van der Waals surface area contributed by atoms with Crippen molar-refractivity contribution >= 4 is 17.8 Å². The van der Waals surface area contributed by atoms with Crippen LogP contribution in [0.25, 0.3) is 0 Å². The number of carboxylic acids is 1. The Morgan fingerprint density at radius 2 is 1.95 bits per heavy atom. The molecule has 0 aromatic heterocycles. The Balaban J connectivity index is 1.64. The molecule has 38 heavy (non-hydrogen) atoms. The molecule has 3 atom stereocenters. The van der Waals surface area contributed by atoms with Gasteiger partial charge in [-0.3, -0.25) is 19.3 Å². The number of carbonyl (C=O) groups excluding carboxylic acids is 2. The highest BCUT2D eigenvalue weighted by Gasteiger charge is 2.49. The van der Waals surface area contributed by atoms with Crippen LogP contribution in [-0.2, 0) is 21.0 Å². The summed E-state index contributed by atoms with van der Waals surface area (Å²) in [5.41, 5.74) is 1.22. The molecule has 0 saturated carbocycles. The molecule has 0 bridgehead atoms. The second kappa shape index (κ2) is 12.8. The number of likely N-dealkylation sites (tertiary alicyclic amines) is 2. The lowest BCUT2D eigenvalue weighted by Crippen LogP contribution is -2.49. The van der Waals surface area contributed by atoms with E-state index in [4.69, 9.17) is 9.47 Å². The highest BCUT2D eigenvalue weighted by molar-refractivity contribution is 5.80. The summed E-state index contributed by atoms with van der Waals surface area (Å²) in [5, 5.41) is 29.6. The van der Waals surface area contributed by atoms with Crippen molar-refractivity contribution in [1.82, 2.24) is 14.7 Å². The van der Waals surface area contributed by atoms with Crippen molar-refractivity contribution in [2.75, 3.05) is 52.7 Å². The average molecular weight is 534 g/mol. The monoisotopic (exact) mass is 533 g/mol. The van der Waals surface area contributed by atoms with Crippen LogP contribution in [0.15, 0.2) is 12.1 Å². The van der Waals surface area contributed by atoms with E-state index in [1.807, 2.05) is 11.8 Å². The van der Waals surface area contributed by atoms with E-state index >= 15 is 0 Å². The van der Waals surface area contributed by atoms with E-state index in [1.165, 1.54) is 0 Å². The fraction of sp³-hybridized carbons (Fsp3) is 0.667. The van der Waals surface area contributed by atoms with Gasteiger partial charge in [-0.15, -0.1) is 0 Å². The molecular weight excluding hydrogens is 494 g/mol. The van der Waals surface area contributed by atoms with Crippen molar-refractivity contribution in [3.63, 3.8) is 0 Å². The van der Waals surface area contributed by atoms with E-state index in [1.54, 1.807) is 21.9 Å². The molecule has 11 nitrogen and oxygen atoms in total. The topological polar surface area (TPSA) is 140 Å². The zero-order chi connectivity index (χ0) is 27.2. The number of fused-ring (bicyclic) bond motifs is 1. The number of unbranched alkanes of at least 4 members (excludes halogenated alkanes) is 1. The van der Waals surface area contributed by atoms with Gasteiger partial charge in [0.2, 0.25) is 18.6 Å². The van der Waals surface area contributed by atoms with Gasteiger partial charge in [-0.2, -0.15) is 0 Å². The van der Waals surface area contributed by atoms with E-state index in [-0.39, 0.29) is 44.9 Å². The highest BCUT2D eigenvalue weighted by atomic mass is 16.7. The fourth-order valence-corrected chi connectivity index (χ4v) is 5.86. The van der Waals surface area contributed by atoms with Gasteiger partial charge >= 0.3 is 5.97 Å². The molecule has 3 heterocycles. The number of carboxylic acid groups (broad SMARTS) is 1. The Labute approximate surface area is 222 Å². The third-order valence-corrected chi connectivity index (χ3v) is 7.84. The molecule has 0 radical (unpaired) electrons. The van der Waals surface area contributed by atoms with Gasteiger partial charge in [0.05, 0.1) is 19.1 Å². The van der Waals surface area contributed by atoms with Gasteiger partial charge in [-0.1, -0.05) is 13.3 Å². The first-order chi connectivity index (χ1) is 18.4. The fourth-order valence-electron chi connectivity index (χ4n) is 5.86. The molecule has 3 aliphatic rings. The van der Waals surface area contributed by atoms with Crippen LogP contribution in [0.1, 0.15) is 56.1 Å². The Morgan fingerprint density at radius 3 is 2.61 bits per heavy atom. The van der Waals surface area contributed by atoms with Gasteiger partial charge in [0.15, 0.2) is 11.5 Å². The molecule has 1 aromatic carbocycles. The number of nitrogens with zero attached hydrogens (tertiary/aromatic N) is 3. The van der Waals surface area contributed by atoms with Gasteiger partial charge in [0.25, 0.3) is 0 Å². The number of hydrogen-bond acceptors (Lipinski definition) is 8. The second-order valence-corrected chi connectivity index (χ2v) is 10.3. The SMILES string of the molecule is CCCCN(CCCO)C(=O)CN1C[C@H](c2cc(CO)c3c(c2)OCO3)[C@@H](C(=O)O)[C@@H]1CN1CCCC1=O. The molecule has 1 aromatic rings. The van der Waals surface area contributed by atoms with Crippen LogP contribution in [-0.4, -0.2) is 107 Å². The Morgan fingerprint density at radius 1 is 1.16 bits per heavy atom. The quantitative estimate of drug-likeness (QED) is 0.339. The van der Waals surface area contributed by atoms with Crippen molar-refractivity contribution in [3.05, 3.63) is 23.3 Å². The minimum atomic E-state index is -0.993. The second-order valence-electron chi connectivity index (χ2n) is 10.3. The first-order valence-electron chi connectivity index (χ1n) is 13.5. The summed E-state index contributed by atoms with van der Waals surface area (Å²) < 4.78 is 11.0. The molecule has 210 valence electrons.